The Labute approximate surface area is 156 Å². The number of nitrogens with zero attached hydrogens (tertiary/aromatic N) is 2. The predicted octanol–water partition coefficient (Wildman–Crippen LogP) is 2.50. The molecule has 0 spiro atoms. The van der Waals surface area contributed by atoms with Crippen LogP contribution in [-0.4, -0.2) is 34.6 Å². The number of carboxylic acid groups (broad SMARTS) is 1. The number of hydrogen-bond donors (Lipinski definition) is 2. The lowest BCUT2D eigenvalue weighted by Crippen LogP contribution is -2.48. The van der Waals surface area contributed by atoms with E-state index in [0.29, 0.717) is 35.8 Å². The van der Waals surface area contributed by atoms with E-state index in [-0.39, 0.29) is 17.5 Å². The third kappa shape index (κ3) is 2.90. The zero-order chi connectivity index (χ0) is 19.5. The van der Waals surface area contributed by atoms with E-state index in [1.165, 1.54) is 10.5 Å². The number of aryl methyl sites for hydroxylation is 1. The normalized spacial score (nSPS) is 23.0. The van der Waals surface area contributed by atoms with Crippen LogP contribution in [0.1, 0.15) is 53.6 Å². The summed E-state index contributed by atoms with van der Waals surface area (Å²) in [4.78, 5) is 26.1. The molecule has 1 aliphatic carbocycles. The molecule has 0 radical (unpaired) electrons. The van der Waals surface area contributed by atoms with Gasteiger partial charge in [-0.2, -0.15) is 0 Å². The van der Waals surface area contributed by atoms with Gasteiger partial charge >= 0.3 is 5.97 Å². The van der Waals surface area contributed by atoms with Crippen molar-refractivity contribution in [2.45, 2.75) is 45.1 Å². The van der Waals surface area contributed by atoms with Crippen molar-refractivity contribution in [3.05, 3.63) is 45.1 Å². The molecule has 1 aliphatic heterocycles. The number of carboxylic acids is 1. The van der Waals surface area contributed by atoms with E-state index >= 15 is 4.39 Å². The van der Waals surface area contributed by atoms with Crippen LogP contribution in [0.3, 0.4) is 0 Å². The van der Waals surface area contributed by atoms with Crippen molar-refractivity contribution in [2.24, 2.45) is 11.7 Å². The number of nitrogens with two attached hydrogens (primary N) is 1. The molecule has 3 N–H and O–H groups in total. The van der Waals surface area contributed by atoms with Gasteiger partial charge in [0.1, 0.15) is 5.56 Å². The first-order valence-corrected chi connectivity index (χ1v) is 9.41. The van der Waals surface area contributed by atoms with Crippen LogP contribution < -0.4 is 16.2 Å². The summed E-state index contributed by atoms with van der Waals surface area (Å²) in [5.74, 6) is -1.20. The fraction of sp³-hybridized carbons (Fsp3) is 0.500. The SMILES string of the molecule is Cc1c(N2CC[C@H](C)[C@H](N)C2)c(F)cn2c(=O)c(C(=O)O)cc(C3CC3)c12. The average molecular weight is 373 g/mol. The quantitative estimate of drug-likeness (QED) is 0.863. The van der Waals surface area contributed by atoms with Gasteiger partial charge in [-0.1, -0.05) is 6.92 Å². The van der Waals surface area contributed by atoms with E-state index in [1.54, 1.807) is 0 Å². The summed E-state index contributed by atoms with van der Waals surface area (Å²) in [7, 11) is 0. The van der Waals surface area contributed by atoms with Gasteiger partial charge in [0.2, 0.25) is 0 Å². The molecule has 144 valence electrons. The summed E-state index contributed by atoms with van der Waals surface area (Å²) >= 11 is 0. The zero-order valence-corrected chi connectivity index (χ0v) is 15.5. The Morgan fingerprint density at radius 1 is 1.33 bits per heavy atom. The second-order valence-electron chi connectivity index (χ2n) is 7.94. The summed E-state index contributed by atoms with van der Waals surface area (Å²) in [5, 5.41) is 9.37. The van der Waals surface area contributed by atoms with Crippen LogP contribution in [0.2, 0.25) is 0 Å². The molecule has 27 heavy (non-hydrogen) atoms. The molecule has 0 aromatic carbocycles. The van der Waals surface area contributed by atoms with Crippen LogP contribution in [0.25, 0.3) is 5.52 Å². The molecule has 1 saturated carbocycles. The minimum atomic E-state index is -1.28. The molecule has 4 rings (SSSR count). The van der Waals surface area contributed by atoms with Gasteiger partial charge in [-0.25, -0.2) is 9.18 Å². The Kier molecular flexibility index (Phi) is 4.22. The molecule has 0 bridgehead atoms. The molecule has 2 aromatic rings. The topological polar surface area (TPSA) is 88.0 Å². The molecular weight excluding hydrogens is 349 g/mol. The van der Waals surface area contributed by atoms with Crippen molar-refractivity contribution in [1.29, 1.82) is 0 Å². The van der Waals surface area contributed by atoms with Gasteiger partial charge in [0.15, 0.2) is 5.82 Å². The van der Waals surface area contributed by atoms with Gasteiger partial charge < -0.3 is 15.7 Å². The molecular formula is C20H24FN3O3. The van der Waals surface area contributed by atoms with Crippen LogP contribution in [0.15, 0.2) is 17.1 Å². The van der Waals surface area contributed by atoms with E-state index in [0.717, 1.165) is 31.0 Å². The number of anilines is 1. The largest absolute Gasteiger partial charge is 0.477 e. The van der Waals surface area contributed by atoms with Crippen molar-refractivity contribution in [1.82, 2.24) is 4.40 Å². The monoisotopic (exact) mass is 373 g/mol. The molecule has 0 amide bonds. The Bertz CT molecular complexity index is 996. The first-order chi connectivity index (χ1) is 12.8. The van der Waals surface area contributed by atoms with E-state index in [1.807, 2.05) is 11.8 Å². The Hall–Kier alpha value is -2.41. The maximum Gasteiger partial charge on any atom is 0.341 e. The summed E-state index contributed by atoms with van der Waals surface area (Å²) in [5.41, 5.74) is 7.80. The highest BCUT2D eigenvalue weighted by atomic mass is 19.1. The van der Waals surface area contributed by atoms with Crippen LogP contribution in [0, 0.1) is 18.7 Å². The minimum absolute atomic E-state index is 0.0340. The van der Waals surface area contributed by atoms with Gasteiger partial charge in [-0.05, 0) is 55.2 Å². The molecule has 2 fully saturated rings. The van der Waals surface area contributed by atoms with Crippen molar-refractivity contribution >= 4 is 17.2 Å². The van der Waals surface area contributed by atoms with Crippen LogP contribution in [0.5, 0.6) is 0 Å². The second kappa shape index (κ2) is 6.34. The molecule has 0 unspecified atom stereocenters. The zero-order valence-electron chi connectivity index (χ0n) is 15.5. The van der Waals surface area contributed by atoms with Crippen molar-refractivity contribution < 1.29 is 14.3 Å². The number of aromatic carboxylic acids is 1. The molecule has 1 saturated heterocycles. The Morgan fingerprint density at radius 3 is 2.63 bits per heavy atom. The first kappa shape index (κ1) is 18.0. The summed E-state index contributed by atoms with van der Waals surface area (Å²) < 4.78 is 16.2. The Balaban J connectivity index is 1.96. The summed E-state index contributed by atoms with van der Waals surface area (Å²) in [6.07, 6.45) is 3.92. The highest BCUT2D eigenvalue weighted by Gasteiger charge is 2.32. The van der Waals surface area contributed by atoms with Gasteiger partial charge in [-0.3, -0.25) is 9.20 Å². The lowest BCUT2D eigenvalue weighted by molar-refractivity contribution is 0.0694. The van der Waals surface area contributed by atoms with E-state index in [4.69, 9.17) is 5.73 Å². The number of piperidine rings is 1. The maximum absolute atomic E-state index is 15.1. The number of aromatic nitrogens is 1. The average Bonchev–Trinajstić information content (AvgIpc) is 3.43. The van der Waals surface area contributed by atoms with Crippen molar-refractivity contribution in [2.75, 3.05) is 18.0 Å². The smallest absolute Gasteiger partial charge is 0.341 e. The molecule has 2 aliphatic rings. The minimum Gasteiger partial charge on any atom is -0.477 e. The van der Waals surface area contributed by atoms with Gasteiger partial charge in [-0.15, -0.1) is 0 Å². The summed E-state index contributed by atoms with van der Waals surface area (Å²) in [6.45, 7) is 5.18. The van der Waals surface area contributed by atoms with E-state index < -0.39 is 17.3 Å². The van der Waals surface area contributed by atoms with Crippen LogP contribution in [-0.2, 0) is 0 Å². The standard InChI is InChI=1S/C20H24FN3O3/c1-10-5-6-23(9-16(10)22)18-11(2)17-13(12-3-4-12)7-14(20(26)27)19(25)24(17)8-15(18)21/h7-8,10,12,16H,3-6,9,22H2,1-2H3,(H,26,27)/t10-,16+/m0/s1. The molecule has 2 aromatic heterocycles. The van der Waals surface area contributed by atoms with Gasteiger partial charge in [0, 0.05) is 19.1 Å². The van der Waals surface area contributed by atoms with E-state index in [2.05, 4.69) is 6.92 Å². The third-order valence-corrected chi connectivity index (χ3v) is 6.02. The van der Waals surface area contributed by atoms with Crippen LogP contribution >= 0.6 is 0 Å². The number of hydrogen-bond acceptors (Lipinski definition) is 4. The number of rotatable bonds is 3. The highest BCUT2D eigenvalue weighted by Crippen LogP contribution is 2.44. The molecule has 6 nitrogen and oxygen atoms in total. The maximum atomic E-state index is 15.1. The van der Waals surface area contributed by atoms with Crippen molar-refractivity contribution in [3.8, 4) is 0 Å². The first-order valence-electron chi connectivity index (χ1n) is 9.41. The number of pyridine rings is 2. The lowest BCUT2D eigenvalue weighted by atomic mass is 9.93. The van der Waals surface area contributed by atoms with Gasteiger partial charge in [0.25, 0.3) is 5.56 Å². The second-order valence-corrected chi connectivity index (χ2v) is 7.94. The molecule has 7 heteroatoms. The van der Waals surface area contributed by atoms with Gasteiger partial charge in [0.05, 0.1) is 17.4 Å². The number of halogens is 1. The summed E-state index contributed by atoms with van der Waals surface area (Å²) in [6, 6.07) is 1.45. The third-order valence-electron chi connectivity index (χ3n) is 6.02. The van der Waals surface area contributed by atoms with Crippen molar-refractivity contribution in [3.63, 3.8) is 0 Å². The fourth-order valence-electron chi connectivity index (χ4n) is 4.19. The van der Waals surface area contributed by atoms with E-state index in [9.17, 15) is 14.7 Å². The fourth-order valence-corrected chi connectivity index (χ4v) is 4.19. The van der Waals surface area contributed by atoms with Crippen LogP contribution in [0.4, 0.5) is 10.1 Å². The highest BCUT2D eigenvalue weighted by molar-refractivity contribution is 5.89. The predicted molar refractivity (Wildman–Crippen MR) is 101 cm³/mol. The number of fused-ring (bicyclic) bond motifs is 1. The molecule has 2 atom stereocenters. The Morgan fingerprint density at radius 2 is 2.04 bits per heavy atom. The number of carbonyl (C=O) groups is 1. The molecule has 3 heterocycles. The lowest BCUT2D eigenvalue weighted by Gasteiger charge is -2.37.